The van der Waals surface area contributed by atoms with Gasteiger partial charge in [-0.1, -0.05) is 0 Å². The van der Waals surface area contributed by atoms with Gasteiger partial charge in [-0.2, -0.15) is 0 Å². The Bertz CT molecular complexity index is 17.8. The van der Waals surface area contributed by atoms with Crippen LogP contribution in [-0.2, 0) is 119 Å². The molecule has 0 aliphatic rings. The summed E-state index contributed by atoms with van der Waals surface area (Å²) in [5, 5.41) is 0. The molecule has 0 N–H and O–H groups in total. The average molecular weight is 382 g/mol. The Labute approximate surface area is 117 Å². The third-order valence-corrected chi connectivity index (χ3v) is 0. The largest absolute Gasteiger partial charge is 3.00 e. The minimum atomic E-state index is 0. The average Bonchev–Trinajstić information content (AvgIpc) is 0. The Kier molecular flexibility index (Phi) is 2200. The smallest absolute Gasteiger partial charge is 2.00 e. The summed E-state index contributed by atoms with van der Waals surface area (Å²) in [5.74, 6) is 0. The molecule has 0 unspecified atom stereocenters. The predicted molar refractivity (Wildman–Crippen MR) is 2.06 cm³/mol. The van der Waals surface area contributed by atoms with Crippen LogP contribution >= 0.6 is 0 Å². The molecule has 0 saturated carbocycles. The van der Waals surface area contributed by atoms with Crippen LogP contribution in [0.25, 0.3) is 0 Å². The zero-order valence-electron chi connectivity index (χ0n) is 3.42. The van der Waals surface area contributed by atoms with Gasteiger partial charge in [-0.3, -0.25) is 0 Å². The van der Waals surface area contributed by atoms with Crippen molar-refractivity contribution in [1.82, 2.24) is 0 Å². The fraction of sp³-hybridized carbons (Fsp3) is 0. The molecule has 0 atom stereocenters. The molecular formula is Co2Cr2Fe2O3. The Balaban J connectivity index is 0. The van der Waals surface area contributed by atoms with Crippen molar-refractivity contribution in [2.75, 3.05) is 0 Å². The van der Waals surface area contributed by atoms with Gasteiger partial charge in [0.25, 0.3) is 0 Å². The van der Waals surface area contributed by atoms with Gasteiger partial charge in [0, 0.05) is 67.7 Å². The van der Waals surface area contributed by atoms with E-state index in [-0.39, 0.29) is 119 Å². The molecule has 9 heteroatoms. The predicted octanol–water partition coefficient (Wildman–Crippen LogP) is -0.371. The van der Waals surface area contributed by atoms with Crippen molar-refractivity contribution in [3.63, 3.8) is 0 Å². The van der Waals surface area contributed by atoms with Crippen LogP contribution in [0.2, 0.25) is 0 Å². The zero-order valence-corrected chi connectivity index (χ0v) is 10.3. The van der Waals surface area contributed by atoms with E-state index in [2.05, 4.69) is 0 Å². The molecule has 0 fully saturated rings. The molecule has 0 saturated heterocycles. The molecule has 0 rings (SSSR count). The van der Waals surface area contributed by atoms with Crippen molar-refractivity contribution >= 4 is 0 Å². The molecule has 0 heterocycles. The fourth-order valence-electron chi connectivity index (χ4n) is 0. The van der Waals surface area contributed by atoms with Gasteiger partial charge in [-0.05, 0) is 0 Å². The van der Waals surface area contributed by atoms with Crippen molar-refractivity contribution in [2.45, 2.75) is 0 Å². The van der Waals surface area contributed by atoms with E-state index >= 15 is 0 Å². The molecule has 4 radical (unpaired) electrons. The van der Waals surface area contributed by atoms with Gasteiger partial charge in [-0.15, -0.1) is 0 Å². The van der Waals surface area contributed by atoms with Crippen molar-refractivity contribution in [2.24, 2.45) is 0 Å². The molecule has 0 amide bonds. The second-order valence-corrected chi connectivity index (χ2v) is 0. The molecule has 64 valence electrons. The van der Waals surface area contributed by atoms with E-state index in [1.807, 2.05) is 0 Å². The summed E-state index contributed by atoms with van der Waals surface area (Å²) in [6, 6.07) is 0. The maximum atomic E-state index is 0. The summed E-state index contributed by atoms with van der Waals surface area (Å²) < 4.78 is 0. The summed E-state index contributed by atoms with van der Waals surface area (Å²) >= 11 is 0. The molecule has 0 bridgehead atoms. The van der Waals surface area contributed by atoms with Crippen LogP contribution in [0.3, 0.4) is 0 Å². The third kappa shape index (κ3) is 99.1. The molecule has 0 aliphatic heterocycles. The van der Waals surface area contributed by atoms with Crippen molar-refractivity contribution in [3.05, 3.63) is 0 Å². The first-order valence-electron chi connectivity index (χ1n) is 0. The van der Waals surface area contributed by atoms with Crippen LogP contribution in [0.1, 0.15) is 0 Å². The molecule has 3 nitrogen and oxygen atoms in total. The monoisotopic (exact) mass is 382 g/mol. The first kappa shape index (κ1) is 162. The zero-order chi connectivity index (χ0) is 0. The maximum Gasteiger partial charge on any atom is 3.00 e. The van der Waals surface area contributed by atoms with Crippen molar-refractivity contribution in [1.29, 1.82) is 0 Å². The topological polar surface area (TPSA) is 85.5 Å². The second kappa shape index (κ2) is 122. The Morgan fingerprint density at radius 1 is 0.444 bits per heavy atom. The minimum Gasteiger partial charge on any atom is -2.00 e. The van der Waals surface area contributed by atoms with Gasteiger partial charge in [-0.25, -0.2) is 0 Å². The standard InChI is InChI=1S/2Co.2Cr.2Fe.3O/q;;2*+3;;;3*-2. The molecular weight excluding hydrogens is 382 g/mol. The number of rotatable bonds is 0. The van der Waals surface area contributed by atoms with Crippen LogP contribution in [0.5, 0.6) is 0 Å². The molecule has 0 aliphatic carbocycles. The molecule has 0 spiro atoms. The van der Waals surface area contributed by atoms with E-state index < -0.39 is 0 Å². The van der Waals surface area contributed by atoms with E-state index in [1.54, 1.807) is 0 Å². The summed E-state index contributed by atoms with van der Waals surface area (Å²) in [4.78, 5) is 0. The van der Waals surface area contributed by atoms with E-state index in [1.165, 1.54) is 0 Å². The Morgan fingerprint density at radius 2 is 0.444 bits per heavy atom. The van der Waals surface area contributed by atoms with Crippen molar-refractivity contribution in [3.8, 4) is 0 Å². The van der Waals surface area contributed by atoms with Gasteiger partial charge in [0.2, 0.25) is 0 Å². The number of hydrogen-bond acceptors (Lipinski definition) is 0. The molecule has 0 aromatic heterocycles. The van der Waals surface area contributed by atoms with Gasteiger partial charge < -0.3 is 16.4 Å². The van der Waals surface area contributed by atoms with Gasteiger partial charge in [0.1, 0.15) is 0 Å². The van der Waals surface area contributed by atoms with E-state index in [0.29, 0.717) is 0 Å². The minimum absolute atomic E-state index is 0. The van der Waals surface area contributed by atoms with Crippen LogP contribution in [-0.4, -0.2) is 0 Å². The van der Waals surface area contributed by atoms with E-state index in [0.717, 1.165) is 0 Å². The summed E-state index contributed by atoms with van der Waals surface area (Å²) in [6.45, 7) is 0. The van der Waals surface area contributed by atoms with Gasteiger partial charge in [0.15, 0.2) is 0 Å². The second-order valence-electron chi connectivity index (χ2n) is 0. The van der Waals surface area contributed by atoms with Crippen LogP contribution in [0.4, 0.5) is 0 Å². The number of hydrogen-bond donors (Lipinski definition) is 0. The van der Waals surface area contributed by atoms with Gasteiger partial charge in [0.05, 0.1) is 0 Å². The van der Waals surface area contributed by atoms with Crippen molar-refractivity contribution < 1.29 is 119 Å². The first-order valence-corrected chi connectivity index (χ1v) is 0. The van der Waals surface area contributed by atoms with Crippen LogP contribution in [0, 0.1) is 0 Å². The first-order chi connectivity index (χ1) is 0. The SMILES string of the molecule is [Co].[Co].[Cr+3].[Cr+3].[Fe].[Fe].[O-2].[O-2].[O-2]. The van der Waals surface area contributed by atoms with Gasteiger partial charge >= 0.3 is 34.7 Å². The van der Waals surface area contributed by atoms with Crippen LogP contribution in [0.15, 0.2) is 0 Å². The maximum absolute atomic E-state index is 0. The molecule has 0 aromatic rings. The van der Waals surface area contributed by atoms with E-state index in [9.17, 15) is 0 Å². The summed E-state index contributed by atoms with van der Waals surface area (Å²) in [5.41, 5.74) is 0. The third-order valence-electron chi connectivity index (χ3n) is 0. The van der Waals surface area contributed by atoms with Crippen LogP contribution < -0.4 is 0 Å². The fourth-order valence-corrected chi connectivity index (χ4v) is 0. The normalized spacial score (nSPS) is 0. The summed E-state index contributed by atoms with van der Waals surface area (Å²) in [6.07, 6.45) is 0. The Morgan fingerprint density at radius 3 is 0.444 bits per heavy atom. The molecule has 9 heavy (non-hydrogen) atoms. The molecule has 0 aromatic carbocycles. The quantitative estimate of drug-likeness (QED) is 0.513. The summed E-state index contributed by atoms with van der Waals surface area (Å²) in [7, 11) is 0. The Hall–Kier alpha value is 3.00. The van der Waals surface area contributed by atoms with E-state index in [4.69, 9.17) is 0 Å².